The molecule has 3 N–H and O–H groups in total. The summed E-state index contributed by atoms with van der Waals surface area (Å²) in [5, 5.41) is 18.3. The monoisotopic (exact) mass is 329 g/mol. The zero-order valence-electron chi connectivity index (χ0n) is 12.8. The van der Waals surface area contributed by atoms with Crippen LogP contribution in [0.3, 0.4) is 0 Å². The molecule has 1 heterocycles. The molecule has 0 bridgehead atoms. The fourth-order valence-corrected chi connectivity index (χ4v) is 2.02. The van der Waals surface area contributed by atoms with Crippen molar-refractivity contribution >= 4 is 17.8 Å². The molecule has 0 radical (unpaired) electrons. The van der Waals surface area contributed by atoms with E-state index >= 15 is 0 Å². The lowest BCUT2D eigenvalue weighted by Crippen LogP contribution is -2.17. The zero-order valence-corrected chi connectivity index (χ0v) is 12.8. The maximum atomic E-state index is 12.1. The fraction of sp³-hybridized carbons (Fsp3) is 0.118. The maximum absolute atomic E-state index is 12.1. The summed E-state index contributed by atoms with van der Waals surface area (Å²) in [6.45, 7) is 1.12. The summed E-state index contributed by atoms with van der Waals surface area (Å²) in [4.78, 5) is 36.8. The highest BCUT2D eigenvalue weighted by molar-refractivity contribution is 6.08. The number of aryl methyl sites for hydroxylation is 1. The molecule has 1 aromatic carbocycles. The Morgan fingerprint density at radius 3 is 2.71 bits per heavy atom. The van der Waals surface area contributed by atoms with E-state index in [9.17, 15) is 19.5 Å². The smallest absolute Gasteiger partial charge is 0.341 e. The Hall–Kier alpha value is -3.35. The van der Waals surface area contributed by atoms with E-state index in [1.165, 1.54) is 12.1 Å². The molecule has 0 saturated heterocycles. The number of ether oxygens (including phenoxy) is 1. The average Bonchev–Trinajstić information content (AvgIpc) is 2.50. The van der Waals surface area contributed by atoms with Crippen molar-refractivity contribution in [3.8, 4) is 11.5 Å². The number of hydrogen-bond donors (Lipinski definition) is 3. The first kappa shape index (κ1) is 17.0. The number of carboxylic acids is 1. The quantitative estimate of drug-likeness (QED) is 0.549. The van der Waals surface area contributed by atoms with Gasteiger partial charge in [0, 0.05) is 5.69 Å². The Kier molecular flexibility index (Phi) is 5.16. The lowest BCUT2D eigenvalue weighted by molar-refractivity contribution is -0.139. The number of allylic oxidation sites excluding steroid dienone is 1. The van der Waals surface area contributed by atoms with E-state index in [1.807, 2.05) is 0 Å². The molecule has 1 aromatic heterocycles. The van der Waals surface area contributed by atoms with Crippen LogP contribution >= 0.6 is 0 Å². The van der Waals surface area contributed by atoms with E-state index in [4.69, 9.17) is 9.84 Å². The van der Waals surface area contributed by atoms with Crippen LogP contribution < -0.4 is 10.3 Å². The molecule has 0 spiro atoms. The number of hydrogen-bond acceptors (Lipinski definition) is 5. The van der Waals surface area contributed by atoms with Gasteiger partial charge in [-0.25, -0.2) is 4.79 Å². The molecular weight excluding hydrogens is 314 g/mol. The number of carbonyl (C=O) groups excluding carboxylic acids is 1. The van der Waals surface area contributed by atoms with Crippen molar-refractivity contribution in [1.29, 1.82) is 0 Å². The second kappa shape index (κ2) is 7.28. The first-order valence-corrected chi connectivity index (χ1v) is 6.97. The topological polar surface area (TPSA) is 117 Å². The number of aromatic hydroxyl groups is 1. The van der Waals surface area contributed by atoms with E-state index in [0.29, 0.717) is 17.0 Å². The summed E-state index contributed by atoms with van der Waals surface area (Å²) in [5.41, 5.74) is 0.0198. The van der Waals surface area contributed by atoms with Gasteiger partial charge in [0.2, 0.25) is 0 Å². The molecule has 0 aliphatic heterocycles. The number of nitrogens with one attached hydrogen (secondary N) is 1. The third-order valence-corrected chi connectivity index (χ3v) is 3.04. The predicted molar refractivity (Wildman–Crippen MR) is 86.4 cm³/mol. The van der Waals surface area contributed by atoms with Crippen LogP contribution in [0.5, 0.6) is 11.5 Å². The Morgan fingerprint density at radius 2 is 2.04 bits per heavy atom. The number of aromatic nitrogens is 1. The second-order valence-corrected chi connectivity index (χ2v) is 4.99. The van der Waals surface area contributed by atoms with E-state index < -0.39 is 23.9 Å². The molecule has 0 fully saturated rings. The first-order chi connectivity index (χ1) is 11.4. The first-order valence-electron chi connectivity index (χ1n) is 6.97. The van der Waals surface area contributed by atoms with Crippen molar-refractivity contribution < 1.29 is 24.5 Å². The predicted octanol–water partition coefficient (Wildman–Crippen LogP) is 1.75. The van der Waals surface area contributed by atoms with Gasteiger partial charge in [0.25, 0.3) is 5.56 Å². The normalized spacial score (nSPS) is 10.7. The minimum absolute atomic E-state index is 0.336. The average molecular weight is 329 g/mol. The van der Waals surface area contributed by atoms with E-state index in [0.717, 1.165) is 6.08 Å². The molecule has 0 aliphatic rings. The molecule has 124 valence electrons. The minimum atomic E-state index is -1.10. The van der Waals surface area contributed by atoms with Gasteiger partial charge in [-0.3, -0.25) is 9.59 Å². The summed E-state index contributed by atoms with van der Waals surface area (Å²) in [7, 11) is 0. The molecular formula is C17H15NO6. The highest BCUT2D eigenvalue weighted by Crippen LogP contribution is 2.17. The van der Waals surface area contributed by atoms with Crippen molar-refractivity contribution in [2.24, 2.45) is 0 Å². The third-order valence-electron chi connectivity index (χ3n) is 3.04. The van der Waals surface area contributed by atoms with Crippen molar-refractivity contribution in [3.63, 3.8) is 0 Å². The zero-order chi connectivity index (χ0) is 17.7. The van der Waals surface area contributed by atoms with Gasteiger partial charge in [0.1, 0.15) is 17.1 Å². The standard InChI is InChI=1S/C17H15NO6/c1-10-7-14(20)16(17(23)18-10)13(19)6-5-11-3-2-4-12(8-11)24-9-15(21)22/h2-8H,9H2,1H3,(H,21,22)(H2,18,20,23)/b6-5+. The van der Waals surface area contributed by atoms with Crippen molar-refractivity contribution in [3.05, 3.63) is 63.6 Å². The molecule has 0 saturated carbocycles. The molecule has 24 heavy (non-hydrogen) atoms. The van der Waals surface area contributed by atoms with Gasteiger partial charge in [-0.15, -0.1) is 0 Å². The Labute approximate surface area is 136 Å². The highest BCUT2D eigenvalue weighted by atomic mass is 16.5. The van der Waals surface area contributed by atoms with E-state index in [-0.39, 0.29) is 11.3 Å². The van der Waals surface area contributed by atoms with Crippen molar-refractivity contribution in [1.82, 2.24) is 4.98 Å². The molecule has 2 aromatic rings. The second-order valence-electron chi connectivity index (χ2n) is 4.99. The minimum Gasteiger partial charge on any atom is -0.507 e. The number of pyridine rings is 1. The molecule has 0 amide bonds. The van der Waals surface area contributed by atoms with Crippen molar-refractivity contribution in [2.75, 3.05) is 6.61 Å². The summed E-state index contributed by atoms with van der Waals surface area (Å²) in [6, 6.07) is 7.74. The molecule has 0 unspecified atom stereocenters. The number of H-pyrrole nitrogens is 1. The van der Waals surface area contributed by atoms with E-state index in [1.54, 1.807) is 31.2 Å². The van der Waals surface area contributed by atoms with Crippen LogP contribution in [0.15, 0.2) is 41.2 Å². The lowest BCUT2D eigenvalue weighted by atomic mass is 10.1. The number of aliphatic carboxylic acids is 1. The number of rotatable bonds is 6. The molecule has 2 rings (SSSR count). The number of ketones is 1. The largest absolute Gasteiger partial charge is 0.507 e. The number of carbonyl (C=O) groups is 2. The number of aromatic amines is 1. The number of carboxylic acid groups (broad SMARTS) is 1. The van der Waals surface area contributed by atoms with Crippen LogP contribution in [-0.4, -0.2) is 33.6 Å². The Morgan fingerprint density at radius 1 is 1.29 bits per heavy atom. The number of benzene rings is 1. The van der Waals surface area contributed by atoms with Crippen LogP contribution in [0.2, 0.25) is 0 Å². The maximum Gasteiger partial charge on any atom is 0.341 e. The van der Waals surface area contributed by atoms with Gasteiger partial charge >= 0.3 is 5.97 Å². The highest BCUT2D eigenvalue weighted by Gasteiger charge is 2.13. The van der Waals surface area contributed by atoms with Gasteiger partial charge in [-0.2, -0.15) is 0 Å². The Bertz CT molecular complexity index is 866. The van der Waals surface area contributed by atoms with Crippen LogP contribution in [-0.2, 0) is 4.79 Å². The summed E-state index contributed by atoms with van der Waals surface area (Å²) in [5.74, 6) is -1.79. The van der Waals surface area contributed by atoms with Crippen LogP contribution in [0, 0.1) is 6.92 Å². The van der Waals surface area contributed by atoms with Crippen LogP contribution in [0.4, 0.5) is 0 Å². The SMILES string of the molecule is Cc1cc(O)c(C(=O)/C=C/c2cccc(OCC(=O)O)c2)c(=O)[nH]1. The van der Waals surface area contributed by atoms with Gasteiger partial charge in [-0.1, -0.05) is 18.2 Å². The summed E-state index contributed by atoms with van der Waals surface area (Å²) >= 11 is 0. The summed E-state index contributed by atoms with van der Waals surface area (Å²) < 4.78 is 5.04. The van der Waals surface area contributed by atoms with Crippen molar-refractivity contribution in [2.45, 2.75) is 6.92 Å². The third kappa shape index (κ3) is 4.33. The Balaban J connectivity index is 2.19. The van der Waals surface area contributed by atoms with E-state index in [2.05, 4.69) is 4.98 Å². The molecule has 0 atom stereocenters. The van der Waals surface area contributed by atoms with Gasteiger partial charge in [0.15, 0.2) is 12.4 Å². The molecule has 7 heteroatoms. The van der Waals surface area contributed by atoms with Gasteiger partial charge < -0.3 is 19.9 Å². The van der Waals surface area contributed by atoms with Crippen LogP contribution in [0.25, 0.3) is 6.08 Å². The van der Waals surface area contributed by atoms with Crippen LogP contribution in [0.1, 0.15) is 21.6 Å². The lowest BCUT2D eigenvalue weighted by Gasteiger charge is -2.04. The summed E-state index contributed by atoms with van der Waals surface area (Å²) in [6.07, 6.45) is 2.59. The molecule has 0 aliphatic carbocycles. The van der Waals surface area contributed by atoms with Gasteiger partial charge in [-0.05, 0) is 36.8 Å². The fourth-order valence-electron chi connectivity index (χ4n) is 2.02. The molecule has 7 nitrogen and oxygen atoms in total. The van der Waals surface area contributed by atoms with Gasteiger partial charge in [0.05, 0.1) is 0 Å².